The van der Waals surface area contributed by atoms with Crippen molar-refractivity contribution in [2.45, 2.75) is 26.7 Å². The molecule has 0 bridgehead atoms. The number of carbonyl (C=O) groups is 1. The summed E-state index contributed by atoms with van der Waals surface area (Å²) in [5.41, 5.74) is 0.802. The minimum atomic E-state index is -0.806. The topological polar surface area (TPSA) is 40.5 Å². The summed E-state index contributed by atoms with van der Waals surface area (Å²) in [7, 11) is 0. The van der Waals surface area contributed by atoms with E-state index in [9.17, 15) is 4.79 Å². The van der Waals surface area contributed by atoms with Crippen LogP contribution in [-0.4, -0.2) is 24.2 Å². The third kappa shape index (κ3) is 4.92. The van der Waals surface area contributed by atoms with Gasteiger partial charge in [-0.2, -0.15) is 0 Å². The maximum Gasteiger partial charge on any atom is 0.308 e. The molecule has 1 N–H and O–H groups in total. The Balaban J connectivity index is 2.94. The van der Waals surface area contributed by atoms with E-state index in [-0.39, 0.29) is 0 Å². The number of carboxylic acids is 1. The SMILES string of the molecule is CCCCN(CC(C)C(=O)O)c1cc(Cl)ccc1Cl. The van der Waals surface area contributed by atoms with Crippen molar-refractivity contribution in [2.24, 2.45) is 5.92 Å². The van der Waals surface area contributed by atoms with E-state index < -0.39 is 11.9 Å². The number of carboxylic acid groups (broad SMARTS) is 1. The van der Waals surface area contributed by atoms with Crippen molar-refractivity contribution in [2.75, 3.05) is 18.0 Å². The number of anilines is 1. The van der Waals surface area contributed by atoms with Crippen LogP contribution in [0.25, 0.3) is 0 Å². The summed E-state index contributed by atoms with van der Waals surface area (Å²) in [6.07, 6.45) is 2.02. The van der Waals surface area contributed by atoms with Gasteiger partial charge in [-0.1, -0.05) is 43.5 Å². The van der Waals surface area contributed by atoms with E-state index in [1.54, 1.807) is 25.1 Å². The normalized spacial score (nSPS) is 12.2. The number of hydrogen-bond donors (Lipinski definition) is 1. The smallest absolute Gasteiger partial charge is 0.308 e. The second-order valence-electron chi connectivity index (χ2n) is 4.63. The molecule has 5 heteroatoms. The molecule has 1 aromatic rings. The van der Waals surface area contributed by atoms with Crippen LogP contribution in [0.5, 0.6) is 0 Å². The Labute approximate surface area is 124 Å². The molecule has 1 atom stereocenters. The third-order valence-electron chi connectivity index (χ3n) is 2.95. The molecule has 0 aliphatic rings. The number of hydrogen-bond acceptors (Lipinski definition) is 2. The summed E-state index contributed by atoms with van der Waals surface area (Å²) in [4.78, 5) is 13.0. The molecule has 0 aromatic heterocycles. The molecule has 0 amide bonds. The van der Waals surface area contributed by atoms with Gasteiger partial charge in [-0.25, -0.2) is 0 Å². The molecule has 0 heterocycles. The number of benzene rings is 1. The fourth-order valence-electron chi connectivity index (χ4n) is 1.80. The van der Waals surface area contributed by atoms with Gasteiger partial charge in [0.15, 0.2) is 0 Å². The fraction of sp³-hybridized carbons (Fsp3) is 0.500. The van der Waals surface area contributed by atoms with Gasteiger partial charge in [0.1, 0.15) is 0 Å². The van der Waals surface area contributed by atoms with Gasteiger partial charge < -0.3 is 10.0 Å². The van der Waals surface area contributed by atoms with Crippen LogP contribution in [0.1, 0.15) is 26.7 Å². The predicted octanol–water partition coefficient (Wildman–Crippen LogP) is 4.32. The maximum absolute atomic E-state index is 11.0. The standard InChI is InChI=1S/C14H19Cl2NO2/c1-3-4-7-17(9-10(2)14(18)19)13-8-11(15)5-6-12(13)16/h5-6,8,10H,3-4,7,9H2,1-2H3,(H,18,19). The van der Waals surface area contributed by atoms with E-state index >= 15 is 0 Å². The van der Waals surface area contributed by atoms with E-state index in [0.29, 0.717) is 16.6 Å². The van der Waals surface area contributed by atoms with E-state index in [2.05, 4.69) is 6.92 Å². The van der Waals surface area contributed by atoms with Gasteiger partial charge in [-0.05, 0) is 24.6 Å². The quantitative estimate of drug-likeness (QED) is 0.815. The average Bonchev–Trinajstić information content (AvgIpc) is 2.37. The Morgan fingerprint density at radius 1 is 1.42 bits per heavy atom. The van der Waals surface area contributed by atoms with Crippen molar-refractivity contribution >= 4 is 34.9 Å². The Morgan fingerprint density at radius 3 is 2.68 bits per heavy atom. The molecular formula is C14H19Cl2NO2. The molecule has 19 heavy (non-hydrogen) atoms. The monoisotopic (exact) mass is 303 g/mol. The number of unbranched alkanes of at least 4 members (excludes halogenated alkanes) is 1. The second-order valence-corrected chi connectivity index (χ2v) is 5.48. The van der Waals surface area contributed by atoms with Crippen molar-refractivity contribution in [1.82, 2.24) is 0 Å². The zero-order valence-electron chi connectivity index (χ0n) is 11.2. The van der Waals surface area contributed by atoms with E-state index in [4.69, 9.17) is 28.3 Å². The van der Waals surface area contributed by atoms with Gasteiger partial charge in [-0.3, -0.25) is 4.79 Å². The first-order valence-corrected chi connectivity index (χ1v) is 7.14. The van der Waals surface area contributed by atoms with Crippen LogP contribution in [0.15, 0.2) is 18.2 Å². The van der Waals surface area contributed by atoms with Crippen LogP contribution in [0.2, 0.25) is 10.0 Å². The predicted molar refractivity (Wildman–Crippen MR) is 80.4 cm³/mol. The number of rotatable bonds is 7. The van der Waals surface area contributed by atoms with E-state index in [0.717, 1.165) is 25.1 Å². The van der Waals surface area contributed by atoms with Crippen LogP contribution >= 0.6 is 23.2 Å². The highest BCUT2D eigenvalue weighted by Gasteiger charge is 2.18. The van der Waals surface area contributed by atoms with Crippen LogP contribution in [0, 0.1) is 5.92 Å². The number of halogens is 2. The largest absolute Gasteiger partial charge is 0.481 e. The molecule has 1 unspecified atom stereocenters. The summed E-state index contributed by atoms with van der Waals surface area (Å²) in [5, 5.41) is 10.2. The molecule has 106 valence electrons. The lowest BCUT2D eigenvalue weighted by atomic mass is 10.1. The first kappa shape index (κ1) is 16.1. The Kier molecular flexibility index (Phi) is 6.46. The van der Waals surface area contributed by atoms with E-state index in [1.807, 2.05) is 4.90 Å². The fourth-order valence-corrected chi connectivity index (χ4v) is 2.20. The van der Waals surface area contributed by atoms with Crippen molar-refractivity contribution in [3.8, 4) is 0 Å². The van der Waals surface area contributed by atoms with Gasteiger partial charge >= 0.3 is 5.97 Å². The average molecular weight is 304 g/mol. The molecule has 3 nitrogen and oxygen atoms in total. The molecule has 0 fully saturated rings. The first-order chi connectivity index (χ1) is 8.95. The van der Waals surface area contributed by atoms with Crippen molar-refractivity contribution < 1.29 is 9.90 Å². The molecule has 0 saturated carbocycles. The maximum atomic E-state index is 11.0. The molecule has 1 rings (SSSR count). The molecule has 0 radical (unpaired) electrons. The highest BCUT2D eigenvalue weighted by atomic mass is 35.5. The van der Waals surface area contributed by atoms with Crippen LogP contribution in [-0.2, 0) is 4.79 Å². The van der Waals surface area contributed by atoms with Crippen molar-refractivity contribution in [1.29, 1.82) is 0 Å². The van der Waals surface area contributed by atoms with Gasteiger partial charge in [-0.15, -0.1) is 0 Å². The molecule has 0 spiro atoms. The summed E-state index contributed by atoms with van der Waals surface area (Å²) in [5.74, 6) is -1.26. The Hall–Kier alpha value is -0.930. The molecule has 0 saturated heterocycles. The zero-order valence-corrected chi connectivity index (χ0v) is 12.7. The molecule has 0 aliphatic carbocycles. The molecule has 0 aliphatic heterocycles. The lowest BCUT2D eigenvalue weighted by Crippen LogP contribution is -2.32. The van der Waals surface area contributed by atoms with Crippen molar-refractivity contribution in [3.63, 3.8) is 0 Å². The Morgan fingerprint density at radius 2 is 2.11 bits per heavy atom. The lowest BCUT2D eigenvalue weighted by molar-refractivity contribution is -0.140. The third-order valence-corrected chi connectivity index (χ3v) is 3.50. The van der Waals surface area contributed by atoms with Gasteiger partial charge in [0, 0.05) is 18.1 Å². The number of nitrogens with zero attached hydrogens (tertiary/aromatic N) is 1. The highest BCUT2D eigenvalue weighted by molar-refractivity contribution is 6.35. The minimum Gasteiger partial charge on any atom is -0.481 e. The van der Waals surface area contributed by atoms with Gasteiger partial charge in [0.25, 0.3) is 0 Å². The Bertz CT molecular complexity index is 437. The second kappa shape index (κ2) is 7.61. The van der Waals surface area contributed by atoms with Crippen LogP contribution < -0.4 is 4.90 Å². The first-order valence-electron chi connectivity index (χ1n) is 6.38. The molecular weight excluding hydrogens is 285 g/mol. The lowest BCUT2D eigenvalue weighted by Gasteiger charge is -2.27. The minimum absolute atomic E-state index is 0.426. The highest BCUT2D eigenvalue weighted by Crippen LogP contribution is 2.29. The summed E-state index contributed by atoms with van der Waals surface area (Å²) in [6, 6.07) is 5.25. The van der Waals surface area contributed by atoms with Crippen LogP contribution in [0.3, 0.4) is 0 Å². The summed E-state index contributed by atoms with van der Waals surface area (Å²) in [6.45, 7) is 4.99. The van der Waals surface area contributed by atoms with Crippen LogP contribution in [0.4, 0.5) is 5.69 Å². The van der Waals surface area contributed by atoms with E-state index in [1.165, 1.54) is 0 Å². The van der Waals surface area contributed by atoms with Crippen molar-refractivity contribution in [3.05, 3.63) is 28.2 Å². The summed E-state index contributed by atoms with van der Waals surface area (Å²) >= 11 is 12.2. The summed E-state index contributed by atoms with van der Waals surface area (Å²) < 4.78 is 0. The van der Waals surface area contributed by atoms with Gasteiger partial charge in [0.2, 0.25) is 0 Å². The molecule has 1 aromatic carbocycles. The number of aliphatic carboxylic acids is 1. The van der Waals surface area contributed by atoms with Gasteiger partial charge in [0.05, 0.1) is 16.6 Å². The zero-order chi connectivity index (χ0) is 14.4.